The number of hydrogen-bond donors (Lipinski definition) is 2. The zero-order valence-corrected chi connectivity index (χ0v) is 10.8. The van der Waals surface area contributed by atoms with E-state index in [1.54, 1.807) is 0 Å². The molecule has 0 aliphatic heterocycles. The molecule has 2 rings (SSSR count). The van der Waals surface area contributed by atoms with Gasteiger partial charge in [0.2, 0.25) is 0 Å². The Morgan fingerprint density at radius 2 is 2.39 bits per heavy atom. The van der Waals surface area contributed by atoms with Crippen LogP contribution in [-0.2, 0) is 6.54 Å². The van der Waals surface area contributed by atoms with Crippen LogP contribution in [0.4, 0.5) is 0 Å². The zero-order chi connectivity index (χ0) is 13.2. The second kappa shape index (κ2) is 5.02. The number of hydrogen-bond acceptors (Lipinski definition) is 4. The van der Waals surface area contributed by atoms with Gasteiger partial charge in [0, 0.05) is 18.8 Å². The minimum Gasteiger partial charge on any atom is -0.478 e. The summed E-state index contributed by atoms with van der Waals surface area (Å²) < 4.78 is 0. The summed E-state index contributed by atoms with van der Waals surface area (Å²) in [4.78, 5) is 18.8. The second-order valence-electron chi connectivity index (χ2n) is 5.50. The molecule has 98 valence electrons. The molecular formula is C13H19N3O2. The van der Waals surface area contributed by atoms with Crippen LogP contribution in [0.25, 0.3) is 0 Å². The molecule has 0 aromatic carbocycles. The van der Waals surface area contributed by atoms with Gasteiger partial charge in [0.25, 0.3) is 0 Å². The molecule has 1 aromatic rings. The van der Waals surface area contributed by atoms with Crippen molar-refractivity contribution < 1.29 is 9.90 Å². The first-order valence-electron chi connectivity index (χ1n) is 6.26. The highest BCUT2D eigenvalue weighted by molar-refractivity contribution is 5.88. The highest BCUT2D eigenvalue weighted by Gasteiger charge is 2.34. The molecule has 5 heteroatoms. The topological polar surface area (TPSA) is 75.1 Å². The van der Waals surface area contributed by atoms with E-state index in [9.17, 15) is 4.79 Å². The summed E-state index contributed by atoms with van der Waals surface area (Å²) >= 11 is 0. The van der Waals surface area contributed by atoms with Gasteiger partial charge in [0.15, 0.2) is 0 Å². The molecule has 0 radical (unpaired) electrons. The van der Waals surface area contributed by atoms with Crippen molar-refractivity contribution in [2.75, 3.05) is 0 Å². The summed E-state index contributed by atoms with van der Waals surface area (Å²) in [6.07, 6.45) is 6.32. The molecule has 1 aliphatic rings. The Bertz CT molecular complexity index is 446. The molecule has 2 N–H and O–H groups in total. The van der Waals surface area contributed by atoms with Crippen LogP contribution in [0, 0.1) is 5.41 Å². The van der Waals surface area contributed by atoms with E-state index in [4.69, 9.17) is 5.11 Å². The monoisotopic (exact) mass is 249 g/mol. The number of carboxylic acids is 1. The van der Waals surface area contributed by atoms with Gasteiger partial charge in [-0.05, 0) is 18.3 Å². The predicted octanol–water partition coefficient (Wildman–Crippen LogP) is 1.84. The van der Waals surface area contributed by atoms with Crippen LogP contribution in [0.5, 0.6) is 0 Å². The van der Waals surface area contributed by atoms with Crippen LogP contribution in [0.3, 0.4) is 0 Å². The van der Waals surface area contributed by atoms with Crippen LogP contribution >= 0.6 is 0 Å². The molecule has 0 saturated heterocycles. The van der Waals surface area contributed by atoms with E-state index in [2.05, 4.69) is 29.1 Å². The van der Waals surface area contributed by atoms with E-state index in [0.717, 1.165) is 6.42 Å². The summed E-state index contributed by atoms with van der Waals surface area (Å²) in [5, 5.41) is 12.5. The zero-order valence-electron chi connectivity index (χ0n) is 10.8. The first-order valence-corrected chi connectivity index (χ1v) is 6.26. The average molecular weight is 249 g/mol. The van der Waals surface area contributed by atoms with E-state index in [1.807, 2.05) is 0 Å². The van der Waals surface area contributed by atoms with Crippen molar-refractivity contribution in [3.05, 3.63) is 23.8 Å². The number of aromatic carboxylic acids is 1. The molecule has 1 heterocycles. The molecule has 1 aliphatic carbocycles. The first kappa shape index (κ1) is 13.0. The summed E-state index contributed by atoms with van der Waals surface area (Å²) in [7, 11) is 0. The summed E-state index contributed by atoms with van der Waals surface area (Å²) in [5.41, 5.74) is 1.01. The SMILES string of the molecule is CC1(C)CCCC1NCc1ncncc1C(=O)O. The third-order valence-electron chi connectivity index (χ3n) is 3.80. The van der Waals surface area contributed by atoms with Crippen molar-refractivity contribution in [1.82, 2.24) is 15.3 Å². The lowest BCUT2D eigenvalue weighted by molar-refractivity contribution is 0.0694. The molecule has 1 aromatic heterocycles. The highest BCUT2D eigenvalue weighted by Crippen LogP contribution is 2.37. The van der Waals surface area contributed by atoms with Crippen LogP contribution in [0.2, 0.25) is 0 Å². The first-order chi connectivity index (χ1) is 8.50. The Labute approximate surface area is 107 Å². The van der Waals surface area contributed by atoms with E-state index in [-0.39, 0.29) is 11.0 Å². The molecule has 0 bridgehead atoms. The summed E-state index contributed by atoms with van der Waals surface area (Å²) in [5.74, 6) is -0.974. The van der Waals surface area contributed by atoms with Gasteiger partial charge in [0.05, 0.1) is 5.69 Å². The van der Waals surface area contributed by atoms with Gasteiger partial charge in [-0.25, -0.2) is 14.8 Å². The Morgan fingerprint density at radius 3 is 3.00 bits per heavy atom. The molecule has 1 saturated carbocycles. The number of aromatic nitrogens is 2. The fourth-order valence-electron chi connectivity index (χ4n) is 2.60. The van der Waals surface area contributed by atoms with Crippen molar-refractivity contribution in [3.63, 3.8) is 0 Å². The number of carboxylic acid groups (broad SMARTS) is 1. The molecule has 1 atom stereocenters. The van der Waals surface area contributed by atoms with Crippen LogP contribution in [-0.4, -0.2) is 27.1 Å². The summed E-state index contributed by atoms with van der Waals surface area (Å²) in [6, 6.07) is 0.425. The van der Waals surface area contributed by atoms with E-state index in [1.165, 1.54) is 25.4 Å². The maximum absolute atomic E-state index is 11.0. The van der Waals surface area contributed by atoms with Crippen LogP contribution in [0.15, 0.2) is 12.5 Å². The van der Waals surface area contributed by atoms with Gasteiger partial charge in [0.1, 0.15) is 11.9 Å². The quantitative estimate of drug-likeness (QED) is 0.851. The fourth-order valence-corrected chi connectivity index (χ4v) is 2.60. The lowest BCUT2D eigenvalue weighted by Crippen LogP contribution is -2.37. The maximum Gasteiger partial charge on any atom is 0.339 e. The maximum atomic E-state index is 11.0. The van der Waals surface area contributed by atoms with Gasteiger partial charge < -0.3 is 10.4 Å². The van der Waals surface area contributed by atoms with Crippen LogP contribution in [0.1, 0.15) is 49.2 Å². The van der Waals surface area contributed by atoms with Gasteiger partial charge in [-0.2, -0.15) is 0 Å². The van der Waals surface area contributed by atoms with Crippen molar-refractivity contribution >= 4 is 5.97 Å². The molecule has 1 unspecified atom stereocenters. The van der Waals surface area contributed by atoms with Gasteiger partial charge in [-0.1, -0.05) is 20.3 Å². The smallest absolute Gasteiger partial charge is 0.339 e. The predicted molar refractivity (Wildman–Crippen MR) is 67.3 cm³/mol. The standard InChI is InChI=1S/C13H19N3O2/c1-13(2)5-3-4-11(13)15-7-10-9(12(17)18)6-14-8-16-10/h6,8,11,15H,3-5,7H2,1-2H3,(H,17,18). The van der Waals surface area contributed by atoms with Gasteiger partial charge in [-0.15, -0.1) is 0 Å². The Hall–Kier alpha value is -1.49. The third kappa shape index (κ3) is 2.67. The van der Waals surface area contributed by atoms with E-state index >= 15 is 0 Å². The fraction of sp³-hybridized carbons (Fsp3) is 0.615. The molecule has 0 spiro atoms. The molecule has 18 heavy (non-hydrogen) atoms. The van der Waals surface area contributed by atoms with Crippen molar-refractivity contribution in [2.24, 2.45) is 5.41 Å². The van der Waals surface area contributed by atoms with E-state index < -0.39 is 5.97 Å². The highest BCUT2D eigenvalue weighted by atomic mass is 16.4. The largest absolute Gasteiger partial charge is 0.478 e. The molecule has 1 fully saturated rings. The molecule has 5 nitrogen and oxygen atoms in total. The average Bonchev–Trinajstić information content (AvgIpc) is 2.66. The number of nitrogens with one attached hydrogen (secondary N) is 1. The second-order valence-corrected chi connectivity index (χ2v) is 5.50. The molecular weight excluding hydrogens is 230 g/mol. The van der Waals surface area contributed by atoms with E-state index in [0.29, 0.717) is 18.3 Å². The van der Waals surface area contributed by atoms with Gasteiger partial charge >= 0.3 is 5.97 Å². The van der Waals surface area contributed by atoms with Crippen LogP contribution < -0.4 is 5.32 Å². The Balaban J connectivity index is 2.04. The van der Waals surface area contributed by atoms with Crippen molar-refractivity contribution in [3.8, 4) is 0 Å². The third-order valence-corrected chi connectivity index (χ3v) is 3.80. The Kier molecular flexibility index (Phi) is 3.61. The minimum absolute atomic E-state index is 0.181. The normalized spacial score (nSPS) is 22.0. The molecule has 0 amide bonds. The lowest BCUT2D eigenvalue weighted by Gasteiger charge is -2.28. The number of carbonyl (C=O) groups is 1. The van der Waals surface area contributed by atoms with Crippen molar-refractivity contribution in [1.29, 1.82) is 0 Å². The van der Waals surface area contributed by atoms with Crippen molar-refractivity contribution in [2.45, 2.75) is 45.7 Å². The lowest BCUT2D eigenvalue weighted by atomic mass is 9.87. The number of rotatable bonds is 4. The van der Waals surface area contributed by atoms with Gasteiger partial charge in [-0.3, -0.25) is 0 Å². The summed E-state index contributed by atoms with van der Waals surface area (Å²) in [6.45, 7) is 4.98. The number of nitrogens with zero attached hydrogens (tertiary/aromatic N) is 2. The Morgan fingerprint density at radius 1 is 1.61 bits per heavy atom. The minimum atomic E-state index is -0.974.